The lowest BCUT2D eigenvalue weighted by Gasteiger charge is -2.16. The number of rotatable bonds is 0. The maximum absolute atomic E-state index is 5.29. The molecule has 8 heavy (non-hydrogen) atoms. The average Bonchev–Trinajstić information content (AvgIpc) is 1.98. The van der Waals surface area contributed by atoms with E-state index in [9.17, 15) is 0 Å². The Labute approximate surface area is 58.2 Å². The average molecular weight is 150 g/mol. The second-order valence-electron chi connectivity index (χ2n) is 1.33. The number of thiol groups is 2. The van der Waals surface area contributed by atoms with Crippen LogP contribution in [-0.4, -0.2) is 21.4 Å². The van der Waals surface area contributed by atoms with E-state index in [2.05, 4.69) is 30.4 Å². The fourth-order valence-electron chi connectivity index (χ4n) is 0.374. The Hall–Kier alpha value is 0.0900. The molecule has 2 N–H and O–H groups in total. The maximum atomic E-state index is 5.29. The van der Waals surface area contributed by atoms with Gasteiger partial charge in [0, 0.05) is 0 Å². The SMILES string of the molecule is NN1CN=C(S)N1S. The van der Waals surface area contributed by atoms with Gasteiger partial charge in [-0.25, -0.2) is 15.2 Å². The van der Waals surface area contributed by atoms with Crippen LogP contribution in [-0.2, 0) is 0 Å². The van der Waals surface area contributed by atoms with E-state index in [1.165, 1.54) is 9.53 Å². The molecule has 0 spiro atoms. The molecule has 1 rings (SSSR count). The van der Waals surface area contributed by atoms with E-state index in [4.69, 9.17) is 5.84 Å². The van der Waals surface area contributed by atoms with Crippen LogP contribution < -0.4 is 5.84 Å². The number of nitrogens with zero attached hydrogens (tertiary/aromatic N) is 3. The first-order valence-electron chi connectivity index (χ1n) is 1.96. The normalized spacial score (nSPS) is 21.9. The van der Waals surface area contributed by atoms with Gasteiger partial charge in [-0.3, -0.25) is 0 Å². The number of amidine groups is 1. The van der Waals surface area contributed by atoms with Gasteiger partial charge in [0.2, 0.25) is 0 Å². The van der Waals surface area contributed by atoms with Gasteiger partial charge in [0.25, 0.3) is 0 Å². The van der Waals surface area contributed by atoms with Gasteiger partial charge >= 0.3 is 0 Å². The smallest absolute Gasteiger partial charge is 0.183 e. The summed E-state index contributed by atoms with van der Waals surface area (Å²) in [6.45, 7) is 0.433. The molecule has 6 heteroatoms. The number of hydrogen-bond donors (Lipinski definition) is 3. The molecule has 0 amide bonds. The lowest BCUT2D eigenvalue weighted by Crippen LogP contribution is -2.38. The Kier molecular flexibility index (Phi) is 1.66. The molecular formula is C2H6N4S2. The van der Waals surface area contributed by atoms with Crippen LogP contribution in [0.5, 0.6) is 0 Å². The molecule has 1 aliphatic rings. The third-order valence-electron chi connectivity index (χ3n) is 0.779. The summed E-state index contributed by atoms with van der Waals surface area (Å²) >= 11 is 7.83. The Balaban J connectivity index is 2.59. The van der Waals surface area contributed by atoms with Gasteiger partial charge in [-0.15, -0.1) is 17.7 Å². The van der Waals surface area contributed by atoms with Crippen molar-refractivity contribution >= 4 is 30.6 Å². The number of aliphatic imine (C=N–C) groups is 1. The fourth-order valence-corrected chi connectivity index (χ4v) is 0.672. The van der Waals surface area contributed by atoms with Crippen LogP contribution >= 0.6 is 25.4 Å². The lowest BCUT2D eigenvalue weighted by molar-refractivity contribution is 0.173. The standard InChI is InChI=1S/C2H6N4S2/c3-5-1-4-2(7)6(5)8/h8H,1,3H2,(H,4,7). The minimum atomic E-state index is 0.433. The molecule has 0 aromatic rings. The summed E-state index contributed by atoms with van der Waals surface area (Å²) in [6.07, 6.45) is 0. The van der Waals surface area contributed by atoms with E-state index in [0.717, 1.165) is 0 Å². The van der Waals surface area contributed by atoms with Gasteiger partial charge in [-0.1, -0.05) is 0 Å². The van der Waals surface area contributed by atoms with Crippen molar-refractivity contribution in [1.29, 1.82) is 0 Å². The summed E-state index contributed by atoms with van der Waals surface area (Å²) < 4.78 is 1.36. The van der Waals surface area contributed by atoms with Crippen molar-refractivity contribution in [2.75, 3.05) is 6.67 Å². The molecule has 0 saturated heterocycles. The van der Waals surface area contributed by atoms with Crippen molar-refractivity contribution < 1.29 is 0 Å². The molecule has 1 aliphatic heterocycles. The molecule has 46 valence electrons. The highest BCUT2D eigenvalue weighted by molar-refractivity contribution is 7.98. The predicted octanol–water partition coefficient (Wildman–Crippen LogP) is -0.519. The summed E-state index contributed by atoms with van der Waals surface area (Å²) in [6, 6.07) is 0. The molecule has 0 atom stereocenters. The third kappa shape index (κ3) is 0.921. The zero-order valence-electron chi connectivity index (χ0n) is 4.02. The Morgan fingerprint density at radius 2 is 2.38 bits per heavy atom. The second-order valence-corrected chi connectivity index (χ2v) is 2.11. The number of nitrogens with two attached hydrogens (primary N) is 1. The third-order valence-corrected chi connectivity index (χ3v) is 1.69. The topological polar surface area (TPSA) is 44.9 Å². The molecule has 0 saturated carbocycles. The van der Waals surface area contributed by atoms with E-state index in [-0.39, 0.29) is 0 Å². The van der Waals surface area contributed by atoms with Crippen molar-refractivity contribution in [2.24, 2.45) is 10.8 Å². The highest BCUT2D eigenvalue weighted by Crippen LogP contribution is 2.08. The van der Waals surface area contributed by atoms with Gasteiger partial charge in [0.15, 0.2) is 5.17 Å². The largest absolute Gasteiger partial charge is 0.248 e. The number of hydrogen-bond acceptors (Lipinski definition) is 5. The van der Waals surface area contributed by atoms with Crippen molar-refractivity contribution in [3.05, 3.63) is 0 Å². The van der Waals surface area contributed by atoms with Gasteiger partial charge in [-0.05, 0) is 12.8 Å². The molecule has 0 bridgehead atoms. The molecule has 0 aliphatic carbocycles. The van der Waals surface area contributed by atoms with Crippen LogP contribution in [0.4, 0.5) is 0 Å². The molecule has 0 radical (unpaired) electrons. The van der Waals surface area contributed by atoms with Crippen molar-refractivity contribution in [3.63, 3.8) is 0 Å². The Morgan fingerprint density at radius 3 is 2.50 bits per heavy atom. The molecule has 0 unspecified atom stereocenters. The van der Waals surface area contributed by atoms with Crippen LogP contribution in [0.15, 0.2) is 4.99 Å². The quantitative estimate of drug-likeness (QED) is 0.322. The van der Waals surface area contributed by atoms with Gasteiger partial charge in [0.1, 0.15) is 6.67 Å². The highest BCUT2D eigenvalue weighted by Gasteiger charge is 2.15. The first-order valence-corrected chi connectivity index (χ1v) is 2.81. The highest BCUT2D eigenvalue weighted by atomic mass is 32.1. The van der Waals surface area contributed by atoms with E-state index in [1.807, 2.05) is 0 Å². The fraction of sp³-hybridized carbons (Fsp3) is 0.500. The molecule has 1 heterocycles. The molecule has 4 nitrogen and oxygen atoms in total. The van der Waals surface area contributed by atoms with Crippen LogP contribution in [0.1, 0.15) is 0 Å². The van der Waals surface area contributed by atoms with Crippen molar-refractivity contribution in [3.8, 4) is 0 Å². The van der Waals surface area contributed by atoms with E-state index in [0.29, 0.717) is 11.8 Å². The summed E-state index contributed by atoms with van der Waals surface area (Å²) in [5.74, 6) is 5.29. The zero-order valence-corrected chi connectivity index (χ0v) is 5.81. The summed E-state index contributed by atoms with van der Waals surface area (Å²) in [7, 11) is 0. The minimum absolute atomic E-state index is 0.433. The van der Waals surface area contributed by atoms with Crippen molar-refractivity contribution in [2.45, 2.75) is 0 Å². The van der Waals surface area contributed by atoms with Crippen LogP contribution in [0, 0.1) is 0 Å². The Morgan fingerprint density at radius 1 is 1.75 bits per heavy atom. The number of hydrazine groups is 2. The van der Waals surface area contributed by atoms with Crippen LogP contribution in [0.25, 0.3) is 0 Å². The van der Waals surface area contributed by atoms with Crippen LogP contribution in [0.2, 0.25) is 0 Å². The molecule has 0 aromatic carbocycles. The van der Waals surface area contributed by atoms with Gasteiger partial charge in [-0.2, -0.15) is 0 Å². The zero-order chi connectivity index (χ0) is 6.15. The first kappa shape index (κ1) is 6.21. The van der Waals surface area contributed by atoms with Crippen molar-refractivity contribution in [1.82, 2.24) is 9.53 Å². The van der Waals surface area contributed by atoms with E-state index >= 15 is 0 Å². The summed E-state index contributed by atoms with van der Waals surface area (Å²) in [5.41, 5.74) is 0. The molecular weight excluding hydrogens is 144 g/mol. The van der Waals surface area contributed by atoms with Crippen LogP contribution in [0.3, 0.4) is 0 Å². The first-order chi connectivity index (χ1) is 3.72. The monoisotopic (exact) mass is 150 g/mol. The summed E-state index contributed by atoms with van der Waals surface area (Å²) in [5, 5.41) is 1.86. The predicted molar refractivity (Wildman–Crippen MR) is 38.1 cm³/mol. The minimum Gasteiger partial charge on any atom is -0.248 e. The van der Waals surface area contributed by atoms with Gasteiger partial charge < -0.3 is 0 Å². The van der Waals surface area contributed by atoms with E-state index in [1.54, 1.807) is 0 Å². The lowest BCUT2D eigenvalue weighted by atomic mass is 11.2. The molecule has 0 aromatic heterocycles. The van der Waals surface area contributed by atoms with E-state index < -0.39 is 0 Å². The summed E-state index contributed by atoms with van der Waals surface area (Å²) in [4.78, 5) is 3.83. The Bertz CT molecular complexity index is 123. The second kappa shape index (κ2) is 2.14. The van der Waals surface area contributed by atoms with Gasteiger partial charge in [0.05, 0.1) is 0 Å². The maximum Gasteiger partial charge on any atom is 0.183 e. The molecule has 0 fully saturated rings.